The lowest BCUT2D eigenvalue weighted by Crippen LogP contribution is -2.49. The standard InChI is InChI=1S/C11H18N6/c1-8-14-10(12)16-11(15-8)17(2)6-4-9-3-5-13-7-9/h3,5,7-8,13H,4,6H2,1-2H3,(H3,12,14,15,16). The maximum Gasteiger partial charge on any atom is 0.202 e. The number of nitrogens with one attached hydrogen (secondary N) is 2. The molecule has 0 aliphatic carbocycles. The molecule has 1 atom stereocenters. The molecule has 1 unspecified atom stereocenters. The monoisotopic (exact) mass is 234 g/mol. The number of hydrogen-bond acceptors (Lipinski definition) is 5. The van der Waals surface area contributed by atoms with Gasteiger partial charge < -0.3 is 15.6 Å². The fourth-order valence-corrected chi connectivity index (χ4v) is 1.70. The lowest BCUT2D eigenvalue weighted by molar-refractivity contribution is 0.486. The van der Waals surface area contributed by atoms with Crippen LogP contribution in [0.5, 0.6) is 0 Å². The highest BCUT2D eigenvalue weighted by molar-refractivity contribution is 5.99. The number of aromatic nitrogens is 1. The van der Waals surface area contributed by atoms with Crippen molar-refractivity contribution in [3.8, 4) is 0 Å². The zero-order valence-electron chi connectivity index (χ0n) is 10.1. The zero-order valence-corrected chi connectivity index (χ0v) is 10.1. The van der Waals surface area contributed by atoms with Crippen LogP contribution < -0.4 is 11.1 Å². The molecule has 17 heavy (non-hydrogen) atoms. The molecule has 0 saturated heterocycles. The van der Waals surface area contributed by atoms with Gasteiger partial charge in [0, 0.05) is 26.0 Å². The molecule has 0 fully saturated rings. The largest absolute Gasteiger partial charge is 0.370 e. The topological polar surface area (TPSA) is 81.8 Å². The molecule has 92 valence electrons. The minimum atomic E-state index is -0.110. The number of nitrogens with zero attached hydrogens (tertiary/aromatic N) is 3. The summed E-state index contributed by atoms with van der Waals surface area (Å²) in [6, 6.07) is 2.07. The highest BCUT2D eigenvalue weighted by Gasteiger charge is 2.14. The van der Waals surface area contributed by atoms with E-state index in [-0.39, 0.29) is 6.17 Å². The van der Waals surface area contributed by atoms with Crippen LogP contribution >= 0.6 is 0 Å². The van der Waals surface area contributed by atoms with Crippen LogP contribution in [0.15, 0.2) is 28.4 Å². The van der Waals surface area contributed by atoms with E-state index in [0.29, 0.717) is 5.96 Å². The van der Waals surface area contributed by atoms with Gasteiger partial charge in [-0.3, -0.25) is 5.32 Å². The van der Waals surface area contributed by atoms with Crippen LogP contribution in [0.4, 0.5) is 0 Å². The second-order valence-corrected chi connectivity index (χ2v) is 4.11. The number of aromatic amines is 1. The predicted molar refractivity (Wildman–Crippen MR) is 68.8 cm³/mol. The molecule has 0 radical (unpaired) electrons. The third-order valence-corrected chi connectivity index (χ3v) is 2.63. The van der Waals surface area contributed by atoms with Crippen molar-refractivity contribution in [3.05, 3.63) is 24.0 Å². The Morgan fingerprint density at radius 2 is 2.29 bits per heavy atom. The van der Waals surface area contributed by atoms with E-state index in [2.05, 4.69) is 26.4 Å². The van der Waals surface area contributed by atoms with Crippen molar-refractivity contribution >= 4 is 11.9 Å². The number of hydrogen-bond donors (Lipinski definition) is 3. The molecule has 0 amide bonds. The van der Waals surface area contributed by atoms with Crippen LogP contribution in [-0.4, -0.2) is 41.6 Å². The third-order valence-electron chi connectivity index (χ3n) is 2.63. The van der Waals surface area contributed by atoms with Gasteiger partial charge in [0.15, 0.2) is 5.96 Å². The van der Waals surface area contributed by atoms with Crippen molar-refractivity contribution < 1.29 is 0 Å². The van der Waals surface area contributed by atoms with Crippen LogP contribution in [0.25, 0.3) is 0 Å². The molecule has 0 saturated carbocycles. The zero-order chi connectivity index (χ0) is 12.3. The lowest BCUT2D eigenvalue weighted by atomic mass is 10.2. The minimum Gasteiger partial charge on any atom is -0.370 e. The van der Waals surface area contributed by atoms with Gasteiger partial charge >= 0.3 is 0 Å². The Balaban J connectivity index is 1.90. The van der Waals surface area contributed by atoms with E-state index in [1.807, 2.05) is 31.3 Å². The normalized spacial score (nSPS) is 19.3. The Hall–Kier alpha value is -1.98. The molecule has 1 aromatic heterocycles. The molecule has 0 aromatic carbocycles. The van der Waals surface area contributed by atoms with Crippen molar-refractivity contribution in [3.63, 3.8) is 0 Å². The van der Waals surface area contributed by atoms with E-state index in [9.17, 15) is 0 Å². The molecule has 6 nitrogen and oxygen atoms in total. The third kappa shape index (κ3) is 2.99. The maximum atomic E-state index is 5.67. The molecule has 2 rings (SSSR count). The summed E-state index contributed by atoms with van der Waals surface area (Å²) < 4.78 is 0. The quantitative estimate of drug-likeness (QED) is 0.694. The Morgan fingerprint density at radius 1 is 1.47 bits per heavy atom. The summed E-state index contributed by atoms with van der Waals surface area (Å²) >= 11 is 0. The van der Waals surface area contributed by atoms with E-state index in [1.54, 1.807) is 0 Å². The van der Waals surface area contributed by atoms with Gasteiger partial charge in [-0.2, -0.15) is 0 Å². The molecule has 0 bridgehead atoms. The fraction of sp³-hybridized carbons (Fsp3) is 0.455. The lowest BCUT2D eigenvalue weighted by Gasteiger charge is -2.25. The highest BCUT2D eigenvalue weighted by Crippen LogP contribution is 2.02. The summed E-state index contributed by atoms with van der Waals surface area (Å²) in [4.78, 5) is 13.6. The number of nitrogens with two attached hydrogens (primary N) is 1. The smallest absolute Gasteiger partial charge is 0.202 e. The SMILES string of the molecule is CC1N=C(N)NC(N(C)CCc2cc[nH]c2)=N1. The van der Waals surface area contributed by atoms with Gasteiger partial charge in [0.25, 0.3) is 0 Å². The molecular weight excluding hydrogens is 216 g/mol. The summed E-state index contributed by atoms with van der Waals surface area (Å²) in [7, 11) is 1.99. The van der Waals surface area contributed by atoms with Gasteiger partial charge in [-0.1, -0.05) is 0 Å². The molecule has 1 aliphatic rings. The van der Waals surface area contributed by atoms with Crippen molar-refractivity contribution in [2.24, 2.45) is 15.7 Å². The van der Waals surface area contributed by atoms with Gasteiger partial charge in [-0.15, -0.1) is 0 Å². The molecule has 0 spiro atoms. The Bertz CT molecular complexity index is 419. The van der Waals surface area contributed by atoms with Gasteiger partial charge in [-0.25, -0.2) is 9.98 Å². The van der Waals surface area contributed by atoms with Crippen LogP contribution in [0.2, 0.25) is 0 Å². The van der Waals surface area contributed by atoms with E-state index >= 15 is 0 Å². The maximum absolute atomic E-state index is 5.67. The van der Waals surface area contributed by atoms with Crippen molar-refractivity contribution in [2.45, 2.75) is 19.5 Å². The number of H-pyrrole nitrogens is 1. The molecular formula is C11H18N6. The van der Waals surface area contributed by atoms with Crippen LogP contribution in [0.1, 0.15) is 12.5 Å². The van der Waals surface area contributed by atoms with Crippen molar-refractivity contribution in [1.82, 2.24) is 15.2 Å². The second kappa shape index (κ2) is 4.90. The van der Waals surface area contributed by atoms with Gasteiger partial charge in [0.05, 0.1) is 0 Å². The first kappa shape index (κ1) is 11.5. The number of aliphatic imine (C=N–C) groups is 2. The summed E-state index contributed by atoms with van der Waals surface area (Å²) in [5.74, 6) is 1.21. The van der Waals surface area contributed by atoms with E-state index in [1.165, 1.54) is 5.56 Å². The van der Waals surface area contributed by atoms with E-state index < -0.39 is 0 Å². The predicted octanol–water partition coefficient (Wildman–Crippen LogP) is 0.109. The molecule has 6 heteroatoms. The second-order valence-electron chi connectivity index (χ2n) is 4.11. The molecule has 2 heterocycles. The van der Waals surface area contributed by atoms with E-state index in [0.717, 1.165) is 18.9 Å². The first-order chi connectivity index (χ1) is 8.15. The summed E-state index contributed by atoms with van der Waals surface area (Å²) in [6.07, 6.45) is 4.79. The Kier molecular flexibility index (Phi) is 3.32. The summed E-state index contributed by atoms with van der Waals surface area (Å²) in [5, 5.41) is 2.97. The first-order valence-corrected chi connectivity index (χ1v) is 5.66. The molecule has 1 aromatic rings. The summed E-state index contributed by atoms with van der Waals surface area (Å²) in [5.41, 5.74) is 6.95. The Labute approximate surface area is 101 Å². The van der Waals surface area contributed by atoms with Gasteiger partial charge in [-0.05, 0) is 25.0 Å². The summed E-state index contributed by atoms with van der Waals surface area (Å²) in [6.45, 7) is 2.79. The van der Waals surface area contributed by atoms with Gasteiger partial charge in [0.1, 0.15) is 6.17 Å². The molecule has 1 aliphatic heterocycles. The number of likely N-dealkylation sites (N-methyl/N-ethyl adjacent to an activating group) is 1. The average molecular weight is 234 g/mol. The average Bonchev–Trinajstić information content (AvgIpc) is 2.77. The van der Waals surface area contributed by atoms with E-state index in [4.69, 9.17) is 5.73 Å². The minimum absolute atomic E-state index is 0.110. The Morgan fingerprint density at radius 3 is 2.94 bits per heavy atom. The van der Waals surface area contributed by atoms with Crippen LogP contribution in [0, 0.1) is 0 Å². The van der Waals surface area contributed by atoms with Gasteiger partial charge in [0.2, 0.25) is 5.96 Å². The number of rotatable bonds is 3. The first-order valence-electron chi connectivity index (χ1n) is 5.66. The van der Waals surface area contributed by atoms with Crippen molar-refractivity contribution in [1.29, 1.82) is 0 Å². The van der Waals surface area contributed by atoms with Crippen molar-refractivity contribution in [2.75, 3.05) is 13.6 Å². The van der Waals surface area contributed by atoms with Crippen LogP contribution in [0.3, 0.4) is 0 Å². The molecule has 4 N–H and O–H groups in total. The fourth-order valence-electron chi connectivity index (χ4n) is 1.70. The highest BCUT2D eigenvalue weighted by atomic mass is 15.4. The van der Waals surface area contributed by atoms with Crippen LogP contribution in [-0.2, 0) is 6.42 Å². The number of guanidine groups is 2.